The zero-order chi connectivity index (χ0) is 23.1. The minimum Gasteiger partial charge on any atom is -0.484 e. The Morgan fingerprint density at radius 3 is 2.41 bits per heavy atom. The molecule has 1 N–H and O–H groups in total. The number of anilines is 1. The summed E-state index contributed by atoms with van der Waals surface area (Å²) in [7, 11) is 3.30. The van der Waals surface area contributed by atoms with Gasteiger partial charge in [-0.15, -0.1) is 0 Å². The third-order valence-electron chi connectivity index (χ3n) is 4.74. The Morgan fingerprint density at radius 2 is 1.72 bits per heavy atom. The van der Waals surface area contributed by atoms with E-state index in [9.17, 15) is 19.7 Å². The summed E-state index contributed by atoms with van der Waals surface area (Å²) in [5.74, 6) is 0.0875. The van der Waals surface area contributed by atoms with Crippen molar-refractivity contribution in [2.75, 3.05) is 26.0 Å². The molecule has 0 saturated heterocycles. The van der Waals surface area contributed by atoms with Crippen molar-refractivity contribution in [3.63, 3.8) is 0 Å². The number of ketones is 1. The first kappa shape index (κ1) is 22.5. The van der Waals surface area contributed by atoms with Gasteiger partial charge in [0, 0.05) is 37.8 Å². The Labute approximate surface area is 185 Å². The maximum Gasteiger partial charge on any atom is 0.293 e. The number of carbonyl (C=O) groups excluding carboxylic acids is 2. The molecule has 0 aliphatic rings. The van der Waals surface area contributed by atoms with E-state index in [0.717, 1.165) is 5.56 Å². The molecule has 3 rings (SSSR count). The van der Waals surface area contributed by atoms with Crippen LogP contribution in [0.5, 0.6) is 5.75 Å². The van der Waals surface area contributed by atoms with Crippen LogP contribution in [0.1, 0.15) is 21.5 Å². The summed E-state index contributed by atoms with van der Waals surface area (Å²) in [4.78, 5) is 36.8. The van der Waals surface area contributed by atoms with Crippen LogP contribution in [-0.2, 0) is 11.3 Å². The van der Waals surface area contributed by atoms with Crippen LogP contribution in [0.4, 0.5) is 11.4 Å². The molecule has 8 heteroatoms. The van der Waals surface area contributed by atoms with E-state index in [1.54, 1.807) is 68.7 Å². The van der Waals surface area contributed by atoms with Crippen molar-refractivity contribution in [3.8, 4) is 5.75 Å². The van der Waals surface area contributed by atoms with E-state index in [-0.39, 0.29) is 29.5 Å². The van der Waals surface area contributed by atoms with Crippen molar-refractivity contribution in [1.29, 1.82) is 0 Å². The van der Waals surface area contributed by atoms with Gasteiger partial charge in [-0.1, -0.05) is 42.5 Å². The van der Waals surface area contributed by atoms with E-state index in [0.29, 0.717) is 23.5 Å². The van der Waals surface area contributed by atoms with Gasteiger partial charge in [0.15, 0.2) is 12.4 Å². The zero-order valence-electron chi connectivity index (χ0n) is 17.8. The first-order valence-electron chi connectivity index (χ1n) is 9.89. The predicted octanol–water partition coefficient (Wildman–Crippen LogP) is 3.90. The lowest BCUT2D eigenvalue weighted by molar-refractivity contribution is -0.384. The molecule has 0 radical (unpaired) electrons. The lowest BCUT2D eigenvalue weighted by Gasteiger charge is -2.12. The van der Waals surface area contributed by atoms with Crippen molar-refractivity contribution in [2.45, 2.75) is 6.54 Å². The summed E-state index contributed by atoms with van der Waals surface area (Å²) < 4.78 is 5.50. The Morgan fingerprint density at radius 1 is 0.969 bits per heavy atom. The quantitative estimate of drug-likeness (QED) is 0.312. The minimum atomic E-state index is -0.517. The number of hydrogen-bond donors (Lipinski definition) is 1. The number of nitro groups is 1. The molecule has 8 nitrogen and oxygen atoms in total. The average molecular weight is 433 g/mol. The third kappa shape index (κ3) is 5.69. The molecule has 0 aliphatic heterocycles. The standard InChI is InChI=1S/C24H23N3O5/c1-26(2)23(28)16-32-20-10-6-7-17(13-20)15-25-21-12-11-19(14-22(21)27(30)31)24(29)18-8-4-3-5-9-18/h3-14,25H,15-16H2,1-2H3. The molecule has 3 aromatic rings. The van der Waals surface area contributed by atoms with Crippen LogP contribution in [0.15, 0.2) is 72.8 Å². The van der Waals surface area contributed by atoms with Crippen LogP contribution in [0.2, 0.25) is 0 Å². The number of amides is 1. The van der Waals surface area contributed by atoms with Gasteiger partial charge < -0.3 is 15.0 Å². The summed E-state index contributed by atoms with van der Waals surface area (Å²) in [6, 6.07) is 20.1. The van der Waals surface area contributed by atoms with Crippen LogP contribution in [-0.4, -0.2) is 42.2 Å². The monoisotopic (exact) mass is 433 g/mol. The lowest BCUT2D eigenvalue weighted by Crippen LogP contribution is -2.27. The highest BCUT2D eigenvalue weighted by Gasteiger charge is 2.18. The molecule has 0 atom stereocenters. The van der Waals surface area contributed by atoms with Gasteiger partial charge in [0.2, 0.25) is 0 Å². The number of nitro benzene ring substituents is 1. The number of nitrogens with zero attached hydrogens (tertiary/aromatic N) is 2. The van der Waals surface area contributed by atoms with Gasteiger partial charge in [-0.3, -0.25) is 19.7 Å². The molecule has 0 saturated carbocycles. The van der Waals surface area contributed by atoms with Crippen molar-refractivity contribution in [2.24, 2.45) is 0 Å². The number of carbonyl (C=O) groups is 2. The molecular formula is C24H23N3O5. The SMILES string of the molecule is CN(C)C(=O)COc1cccc(CNc2ccc(C(=O)c3ccccc3)cc2[N+](=O)[O-])c1. The molecule has 0 unspecified atom stereocenters. The van der Waals surface area contributed by atoms with Gasteiger partial charge in [0.05, 0.1) is 4.92 Å². The number of rotatable bonds is 9. The second-order valence-corrected chi connectivity index (χ2v) is 7.26. The molecule has 3 aromatic carbocycles. The Kier molecular flexibility index (Phi) is 7.17. The van der Waals surface area contributed by atoms with E-state index in [1.807, 2.05) is 6.07 Å². The molecule has 0 spiro atoms. The fourth-order valence-corrected chi connectivity index (χ4v) is 2.95. The van der Waals surface area contributed by atoms with E-state index < -0.39 is 4.92 Å². The summed E-state index contributed by atoms with van der Waals surface area (Å²) in [5.41, 5.74) is 1.64. The van der Waals surface area contributed by atoms with Crippen LogP contribution < -0.4 is 10.1 Å². The van der Waals surface area contributed by atoms with Crippen LogP contribution in [0.25, 0.3) is 0 Å². The predicted molar refractivity (Wildman–Crippen MR) is 121 cm³/mol. The van der Waals surface area contributed by atoms with E-state index >= 15 is 0 Å². The molecule has 0 heterocycles. The van der Waals surface area contributed by atoms with E-state index in [1.165, 1.54) is 17.0 Å². The highest BCUT2D eigenvalue weighted by molar-refractivity contribution is 6.09. The van der Waals surface area contributed by atoms with E-state index in [2.05, 4.69) is 5.32 Å². The number of likely N-dealkylation sites (N-methyl/N-ethyl adjacent to an activating group) is 1. The number of nitrogens with one attached hydrogen (secondary N) is 1. The molecule has 0 aliphatic carbocycles. The second kappa shape index (κ2) is 10.2. The summed E-state index contributed by atoms with van der Waals surface area (Å²) in [5, 5.41) is 14.6. The normalized spacial score (nSPS) is 10.3. The van der Waals surface area contributed by atoms with Crippen LogP contribution in [0, 0.1) is 10.1 Å². The molecule has 164 valence electrons. The van der Waals surface area contributed by atoms with E-state index in [4.69, 9.17) is 4.74 Å². The summed E-state index contributed by atoms with van der Waals surface area (Å²) in [6.07, 6.45) is 0. The molecule has 0 fully saturated rings. The van der Waals surface area contributed by atoms with Crippen LogP contribution >= 0.6 is 0 Å². The Hall–Kier alpha value is -4.20. The topological polar surface area (TPSA) is 102 Å². The fraction of sp³-hybridized carbons (Fsp3) is 0.167. The Balaban J connectivity index is 1.72. The molecule has 0 bridgehead atoms. The van der Waals surface area contributed by atoms with Crippen molar-refractivity contribution in [1.82, 2.24) is 4.90 Å². The minimum absolute atomic E-state index is 0.0771. The summed E-state index contributed by atoms with van der Waals surface area (Å²) in [6.45, 7) is 0.220. The molecule has 32 heavy (non-hydrogen) atoms. The van der Waals surface area contributed by atoms with Gasteiger partial charge in [0.1, 0.15) is 11.4 Å². The molecule has 1 amide bonds. The second-order valence-electron chi connectivity index (χ2n) is 7.26. The Bertz CT molecular complexity index is 1130. The fourth-order valence-electron chi connectivity index (χ4n) is 2.95. The van der Waals surface area contributed by atoms with Gasteiger partial charge in [-0.2, -0.15) is 0 Å². The smallest absolute Gasteiger partial charge is 0.293 e. The van der Waals surface area contributed by atoms with Crippen molar-refractivity contribution >= 4 is 23.1 Å². The molecular weight excluding hydrogens is 410 g/mol. The third-order valence-corrected chi connectivity index (χ3v) is 4.74. The van der Waals surface area contributed by atoms with Gasteiger partial charge in [-0.25, -0.2) is 0 Å². The maximum atomic E-state index is 12.6. The number of hydrogen-bond acceptors (Lipinski definition) is 6. The number of ether oxygens (including phenoxy) is 1. The van der Waals surface area contributed by atoms with Gasteiger partial charge in [0.25, 0.3) is 11.6 Å². The van der Waals surface area contributed by atoms with Crippen molar-refractivity contribution < 1.29 is 19.2 Å². The average Bonchev–Trinajstić information content (AvgIpc) is 2.81. The van der Waals surface area contributed by atoms with Crippen molar-refractivity contribution in [3.05, 3.63) is 99.6 Å². The zero-order valence-corrected chi connectivity index (χ0v) is 17.8. The maximum absolute atomic E-state index is 12.6. The first-order valence-corrected chi connectivity index (χ1v) is 9.89. The lowest BCUT2D eigenvalue weighted by atomic mass is 10.0. The van der Waals surface area contributed by atoms with Gasteiger partial charge >= 0.3 is 0 Å². The first-order chi connectivity index (χ1) is 15.3. The highest BCUT2D eigenvalue weighted by Crippen LogP contribution is 2.27. The summed E-state index contributed by atoms with van der Waals surface area (Å²) >= 11 is 0. The largest absolute Gasteiger partial charge is 0.484 e. The highest BCUT2D eigenvalue weighted by atomic mass is 16.6. The number of benzene rings is 3. The van der Waals surface area contributed by atoms with Gasteiger partial charge in [-0.05, 0) is 29.8 Å². The van der Waals surface area contributed by atoms with Crippen LogP contribution in [0.3, 0.4) is 0 Å². The molecule has 0 aromatic heterocycles.